The molecule has 0 bridgehead atoms. The molecule has 0 saturated carbocycles. The highest BCUT2D eigenvalue weighted by Crippen LogP contribution is 2.34. The molecule has 0 spiro atoms. The number of aryl methyl sites for hydroxylation is 2. The zero-order chi connectivity index (χ0) is 21.1. The first-order valence-corrected chi connectivity index (χ1v) is 9.69. The van der Waals surface area contributed by atoms with Gasteiger partial charge in [-0.3, -0.25) is 19.4 Å². The molecule has 29 heavy (non-hydrogen) atoms. The number of nitrogens with one attached hydrogen (secondary N) is 1. The van der Waals surface area contributed by atoms with Crippen LogP contribution in [0, 0.1) is 19.8 Å². The van der Waals surface area contributed by atoms with Crippen molar-refractivity contribution in [2.45, 2.75) is 39.7 Å². The number of benzene rings is 1. The van der Waals surface area contributed by atoms with E-state index in [4.69, 9.17) is 5.73 Å². The number of piperidine rings is 1. The summed E-state index contributed by atoms with van der Waals surface area (Å²) in [4.78, 5) is 42.5. The topological polar surface area (TPSA) is 105 Å². The fourth-order valence-corrected chi connectivity index (χ4v) is 3.88. The van der Waals surface area contributed by atoms with Crippen LogP contribution in [0.15, 0.2) is 36.7 Å². The highest BCUT2D eigenvalue weighted by atomic mass is 16.2. The van der Waals surface area contributed by atoms with Crippen molar-refractivity contribution < 1.29 is 14.4 Å². The monoisotopic (exact) mass is 394 g/mol. The summed E-state index contributed by atoms with van der Waals surface area (Å²) in [5.74, 6) is -1.68. The van der Waals surface area contributed by atoms with E-state index in [1.54, 1.807) is 4.90 Å². The molecule has 3 rings (SSSR count). The van der Waals surface area contributed by atoms with Crippen molar-refractivity contribution in [1.82, 2.24) is 9.88 Å². The van der Waals surface area contributed by atoms with Crippen molar-refractivity contribution in [3.05, 3.63) is 58.9 Å². The van der Waals surface area contributed by atoms with E-state index in [0.717, 1.165) is 29.5 Å². The summed E-state index contributed by atoms with van der Waals surface area (Å²) < 4.78 is 0. The number of aromatic nitrogens is 1. The lowest BCUT2D eigenvalue weighted by Gasteiger charge is -2.38. The Morgan fingerprint density at radius 3 is 2.41 bits per heavy atom. The average Bonchev–Trinajstić information content (AvgIpc) is 2.66. The smallest absolute Gasteiger partial charge is 0.313 e. The maximum Gasteiger partial charge on any atom is 0.313 e. The molecule has 2 heterocycles. The van der Waals surface area contributed by atoms with E-state index in [9.17, 15) is 14.4 Å². The second kappa shape index (κ2) is 8.43. The summed E-state index contributed by atoms with van der Waals surface area (Å²) in [6.45, 7) is 6.65. The number of hydrogen-bond donors (Lipinski definition) is 2. The van der Waals surface area contributed by atoms with Crippen molar-refractivity contribution in [3.8, 4) is 0 Å². The zero-order valence-electron chi connectivity index (χ0n) is 16.9. The minimum absolute atomic E-state index is 0.141. The van der Waals surface area contributed by atoms with Crippen molar-refractivity contribution in [2.24, 2.45) is 11.7 Å². The van der Waals surface area contributed by atoms with Crippen molar-refractivity contribution in [3.63, 3.8) is 0 Å². The van der Waals surface area contributed by atoms with Gasteiger partial charge in [-0.05, 0) is 44.2 Å². The maximum atomic E-state index is 13.0. The SMILES string of the molecule is Cc1cc(C)cc([C@@H]2CC[C@@H](C)CN2C(=O)C(=O)Nc2cncc(C(N)=O)c2)c1. The number of hydrogen-bond acceptors (Lipinski definition) is 4. The van der Waals surface area contributed by atoms with Crippen LogP contribution in [0.4, 0.5) is 5.69 Å². The third-order valence-corrected chi connectivity index (χ3v) is 5.18. The van der Waals surface area contributed by atoms with E-state index in [-0.39, 0.29) is 17.3 Å². The number of nitrogens with two attached hydrogens (primary N) is 1. The van der Waals surface area contributed by atoms with Gasteiger partial charge in [0, 0.05) is 12.7 Å². The van der Waals surface area contributed by atoms with Crippen LogP contribution in [-0.4, -0.2) is 34.2 Å². The summed E-state index contributed by atoms with van der Waals surface area (Å²) >= 11 is 0. The van der Waals surface area contributed by atoms with Crippen LogP contribution in [0.5, 0.6) is 0 Å². The normalized spacial score (nSPS) is 18.9. The summed E-state index contributed by atoms with van der Waals surface area (Å²) in [6, 6.07) is 7.50. The molecule has 2 aromatic rings. The molecule has 1 saturated heterocycles. The Hall–Kier alpha value is -3.22. The van der Waals surface area contributed by atoms with Gasteiger partial charge in [0.25, 0.3) is 0 Å². The molecule has 0 aliphatic carbocycles. The van der Waals surface area contributed by atoms with Crippen LogP contribution >= 0.6 is 0 Å². The number of amides is 3. The standard InChI is InChI=1S/C22H26N4O3/c1-13-4-5-19(16-7-14(2)6-15(3)8-16)26(12-13)22(29)21(28)25-18-9-17(20(23)27)10-24-11-18/h6-11,13,19H,4-5,12H2,1-3H3,(H2,23,27)(H,25,28)/t13-,19+/m1/s1. The van der Waals surface area contributed by atoms with Gasteiger partial charge in [0.15, 0.2) is 0 Å². The van der Waals surface area contributed by atoms with Crippen LogP contribution in [0.3, 0.4) is 0 Å². The molecule has 1 aliphatic heterocycles. The van der Waals surface area contributed by atoms with Gasteiger partial charge in [0.2, 0.25) is 5.91 Å². The Morgan fingerprint density at radius 1 is 1.07 bits per heavy atom. The molecule has 2 atom stereocenters. The number of likely N-dealkylation sites (tertiary alicyclic amines) is 1. The van der Waals surface area contributed by atoms with E-state index in [1.807, 2.05) is 13.8 Å². The van der Waals surface area contributed by atoms with Gasteiger partial charge in [-0.1, -0.05) is 36.2 Å². The van der Waals surface area contributed by atoms with Gasteiger partial charge in [-0.15, -0.1) is 0 Å². The predicted octanol–water partition coefficient (Wildman–Crippen LogP) is 2.74. The molecule has 3 amide bonds. The molecule has 0 unspecified atom stereocenters. The highest BCUT2D eigenvalue weighted by molar-refractivity contribution is 6.39. The van der Waals surface area contributed by atoms with Crippen molar-refractivity contribution >= 4 is 23.4 Å². The van der Waals surface area contributed by atoms with Crippen LogP contribution in [-0.2, 0) is 9.59 Å². The van der Waals surface area contributed by atoms with Crippen molar-refractivity contribution in [2.75, 3.05) is 11.9 Å². The van der Waals surface area contributed by atoms with Crippen LogP contribution in [0.1, 0.15) is 52.9 Å². The Labute approximate surface area is 170 Å². The fraction of sp³-hybridized carbons (Fsp3) is 0.364. The van der Waals surface area contributed by atoms with Gasteiger partial charge >= 0.3 is 11.8 Å². The lowest BCUT2D eigenvalue weighted by atomic mass is 9.88. The van der Waals surface area contributed by atoms with E-state index < -0.39 is 17.7 Å². The minimum Gasteiger partial charge on any atom is -0.366 e. The summed E-state index contributed by atoms with van der Waals surface area (Å²) in [5, 5.41) is 2.54. The van der Waals surface area contributed by atoms with E-state index in [1.165, 1.54) is 18.5 Å². The molecule has 7 nitrogen and oxygen atoms in total. The van der Waals surface area contributed by atoms with E-state index >= 15 is 0 Å². The largest absolute Gasteiger partial charge is 0.366 e. The van der Waals surface area contributed by atoms with Gasteiger partial charge in [-0.2, -0.15) is 0 Å². The molecule has 7 heteroatoms. The second-order valence-electron chi connectivity index (χ2n) is 7.86. The minimum atomic E-state index is -0.753. The molecule has 1 fully saturated rings. The second-order valence-corrected chi connectivity index (χ2v) is 7.86. The summed E-state index contributed by atoms with van der Waals surface area (Å²) in [5.41, 5.74) is 8.97. The lowest BCUT2D eigenvalue weighted by molar-refractivity contribution is -0.146. The summed E-state index contributed by atoms with van der Waals surface area (Å²) in [7, 11) is 0. The Bertz CT molecular complexity index is 937. The van der Waals surface area contributed by atoms with Crippen LogP contribution in [0.25, 0.3) is 0 Å². The molecular weight excluding hydrogens is 368 g/mol. The van der Waals surface area contributed by atoms with Crippen LogP contribution in [0.2, 0.25) is 0 Å². The quantitative estimate of drug-likeness (QED) is 0.781. The number of nitrogens with zero attached hydrogens (tertiary/aromatic N) is 2. The molecular formula is C22H26N4O3. The maximum absolute atomic E-state index is 13.0. The Morgan fingerprint density at radius 2 is 1.76 bits per heavy atom. The highest BCUT2D eigenvalue weighted by Gasteiger charge is 2.34. The van der Waals surface area contributed by atoms with Crippen molar-refractivity contribution in [1.29, 1.82) is 0 Å². The van der Waals surface area contributed by atoms with Gasteiger partial charge in [0.05, 0.1) is 23.5 Å². The first-order valence-electron chi connectivity index (χ1n) is 9.69. The number of anilines is 1. The third-order valence-electron chi connectivity index (χ3n) is 5.18. The Balaban J connectivity index is 1.83. The Kier molecular flexibility index (Phi) is 5.96. The zero-order valence-corrected chi connectivity index (χ0v) is 16.9. The fourth-order valence-electron chi connectivity index (χ4n) is 3.88. The molecule has 3 N–H and O–H groups in total. The van der Waals surface area contributed by atoms with Gasteiger partial charge < -0.3 is 16.0 Å². The summed E-state index contributed by atoms with van der Waals surface area (Å²) in [6.07, 6.45) is 4.48. The predicted molar refractivity (Wildman–Crippen MR) is 110 cm³/mol. The van der Waals surface area contributed by atoms with Gasteiger partial charge in [-0.25, -0.2) is 0 Å². The lowest BCUT2D eigenvalue weighted by Crippen LogP contribution is -2.46. The number of primary amides is 1. The number of pyridine rings is 1. The number of rotatable bonds is 3. The third kappa shape index (κ3) is 4.80. The molecule has 1 aliphatic rings. The van der Waals surface area contributed by atoms with E-state index in [0.29, 0.717) is 12.5 Å². The molecule has 1 aromatic carbocycles. The molecule has 1 aromatic heterocycles. The first kappa shape index (κ1) is 20.5. The van der Waals surface area contributed by atoms with Gasteiger partial charge in [0.1, 0.15) is 0 Å². The van der Waals surface area contributed by atoms with E-state index in [2.05, 4.69) is 35.4 Å². The molecule has 0 radical (unpaired) electrons. The molecule has 152 valence electrons. The average molecular weight is 394 g/mol. The number of carbonyl (C=O) groups excluding carboxylic acids is 3. The number of carbonyl (C=O) groups is 3. The first-order chi connectivity index (χ1) is 13.7. The van der Waals surface area contributed by atoms with Crippen LogP contribution < -0.4 is 11.1 Å².